The minimum absolute atomic E-state index is 0.139. The maximum Gasteiger partial charge on any atom is 0.264 e. The van der Waals surface area contributed by atoms with Gasteiger partial charge in [-0.1, -0.05) is 18.2 Å². The summed E-state index contributed by atoms with van der Waals surface area (Å²) < 4.78 is 33.9. The van der Waals surface area contributed by atoms with Gasteiger partial charge in [-0.25, -0.2) is 8.42 Å². The third-order valence-corrected chi connectivity index (χ3v) is 8.81. The minimum Gasteiger partial charge on any atom is -0.494 e. The number of fused-ring (bicyclic) bond motifs is 1. The van der Waals surface area contributed by atoms with E-state index in [9.17, 15) is 13.2 Å². The molecule has 3 aromatic carbocycles. The Hall–Kier alpha value is -3.17. The van der Waals surface area contributed by atoms with Crippen LogP contribution in [0.15, 0.2) is 82.6 Å². The van der Waals surface area contributed by atoms with Crippen LogP contribution in [-0.4, -0.2) is 53.4 Å². The molecule has 9 heteroatoms. The molecule has 4 rings (SSSR count). The molecule has 0 saturated heterocycles. The highest BCUT2D eigenvalue weighted by molar-refractivity contribution is 7.98. The number of carbonyl (C=O) groups is 1. The van der Waals surface area contributed by atoms with Crippen molar-refractivity contribution in [3.63, 3.8) is 0 Å². The van der Waals surface area contributed by atoms with Gasteiger partial charge in [-0.15, -0.1) is 11.8 Å². The number of rotatable bonds is 12. The van der Waals surface area contributed by atoms with E-state index >= 15 is 0 Å². The van der Waals surface area contributed by atoms with Gasteiger partial charge < -0.3 is 15.0 Å². The van der Waals surface area contributed by atoms with Crippen LogP contribution in [0.2, 0.25) is 0 Å². The molecule has 3 aromatic rings. The first-order chi connectivity index (χ1) is 17.9. The van der Waals surface area contributed by atoms with E-state index < -0.39 is 10.0 Å². The van der Waals surface area contributed by atoms with Crippen molar-refractivity contribution in [2.45, 2.75) is 29.6 Å². The Kier molecular flexibility index (Phi) is 9.00. The number of benzene rings is 3. The third-order valence-electron chi connectivity index (χ3n) is 6.28. The first-order valence-electron chi connectivity index (χ1n) is 12.4. The van der Waals surface area contributed by atoms with Crippen molar-refractivity contribution in [2.24, 2.45) is 0 Å². The lowest BCUT2D eigenvalue weighted by Crippen LogP contribution is -2.41. The molecule has 0 atom stereocenters. The van der Waals surface area contributed by atoms with E-state index in [0.29, 0.717) is 24.6 Å². The predicted molar refractivity (Wildman–Crippen MR) is 150 cm³/mol. The lowest BCUT2D eigenvalue weighted by Gasteiger charge is -2.24. The van der Waals surface area contributed by atoms with E-state index in [1.165, 1.54) is 23.0 Å². The fourth-order valence-electron chi connectivity index (χ4n) is 4.39. The van der Waals surface area contributed by atoms with Crippen LogP contribution < -0.4 is 19.3 Å². The fraction of sp³-hybridized carbons (Fsp3) is 0.321. The van der Waals surface area contributed by atoms with Gasteiger partial charge in [0.2, 0.25) is 5.91 Å². The molecule has 1 amide bonds. The lowest BCUT2D eigenvalue weighted by molar-refractivity contribution is -0.119. The van der Waals surface area contributed by atoms with Crippen LogP contribution in [0.1, 0.15) is 18.9 Å². The maximum absolute atomic E-state index is 13.6. The monoisotopic (exact) mass is 539 g/mol. The average Bonchev–Trinajstić information content (AvgIpc) is 3.33. The molecule has 0 radical (unpaired) electrons. The predicted octanol–water partition coefficient (Wildman–Crippen LogP) is 4.57. The van der Waals surface area contributed by atoms with Crippen LogP contribution in [0.3, 0.4) is 0 Å². The smallest absolute Gasteiger partial charge is 0.264 e. The number of anilines is 2. The Balaban J connectivity index is 1.43. The molecule has 0 saturated carbocycles. The van der Waals surface area contributed by atoms with Crippen molar-refractivity contribution >= 4 is 39.1 Å². The first-order valence-corrected chi connectivity index (χ1v) is 15.1. The summed E-state index contributed by atoms with van der Waals surface area (Å²) in [7, 11) is -3.96. The van der Waals surface area contributed by atoms with Crippen LogP contribution in [0.5, 0.6) is 5.75 Å². The molecule has 1 aliphatic rings. The molecule has 0 unspecified atom stereocenters. The van der Waals surface area contributed by atoms with Crippen LogP contribution in [-0.2, 0) is 21.2 Å². The highest BCUT2D eigenvalue weighted by Gasteiger charge is 2.27. The minimum atomic E-state index is -3.96. The van der Waals surface area contributed by atoms with Gasteiger partial charge in [0, 0.05) is 30.2 Å². The molecule has 1 aliphatic heterocycles. The second kappa shape index (κ2) is 12.4. The maximum atomic E-state index is 13.6. The number of hydrogen-bond acceptors (Lipinski definition) is 6. The molecule has 0 bridgehead atoms. The fourth-order valence-corrected chi connectivity index (χ4v) is 6.22. The quantitative estimate of drug-likeness (QED) is 0.268. The average molecular weight is 540 g/mol. The second-order valence-electron chi connectivity index (χ2n) is 8.68. The Morgan fingerprint density at radius 2 is 1.78 bits per heavy atom. The van der Waals surface area contributed by atoms with Gasteiger partial charge in [0.25, 0.3) is 10.0 Å². The van der Waals surface area contributed by atoms with E-state index in [1.54, 1.807) is 48.5 Å². The van der Waals surface area contributed by atoms with Crippen molar-refractivity contribution in [1.29, 1.82) is 0 Å². The van der Waals surface area contributed by atoms with Crippen molar-refractivity contribution in [3.05, 3.63) is 78.4 Å². The SMILES string of the molecule is CCOc1ccc(N(CC(=O)NCCCN2CCc3ccccc32)S(=O)(=O)c2ccc(SC)cc2)cc1. The van der Waals surface area contributed by atoms with Crippen LogP contribution >= 0.6 is 11.8 Å². The number of para-hydroxylation sites is 1. The van der Waals surface area contributed by atoms with Crippen LogP contribution in [0.4, 0.5) is 11.4 Å². The molecule has 0 fully saturated rings. The molecule has 0 aliphatic carbocycles. The first kappa shape index (κ1) is 26.9. The van der Waals surface area contributed by atoms with E-state index in [1.807, 2.05) is 19.2 Å². The van der Waals surface area contributed by atoms with Gasteiger partial charge in [0.15, 0.2) is 0 Å². The Morgan fingerprint density at radius 3 is 2.49 bits per heavy atom. The van der Waals surface area contributed by atoms with E-state index in [0.717, 1.165) is 35.1 Å². The van der Waals surface area contributed by atoms with Crippen molar-refractivity contribution in [2.75, 3.05) is 48.2 Å². The molecule has 37 heavy (non-hydrogen) atoms. The zero-order valence-corrected chi connectivity index (χ0v) is 22.9. The van der Waals surface area contributed by atoms with E-state index in [-0.39, 0.29) is 17.3 Å². The Morgan fingerprint density at radius 1 is 1.05 bits per heavy atom. The van der Waals surface area contributed by atoms with Crippen molar-refractivity contribution in [1.82, 2.24) is 5.32 Å². The zero-order valence-electron chi connectivity index (χ0n) is 21.2. The van der Waals surface area contributed by atoms with Crippen LogP contribution in [0.25, 0.3) is 0 Å². The number of carbonyl (C=O) groups excluding carboxylic acids is 1. The molecule has 1 heterocycles. The number of thioether (sulfide) groups is 1. The summed E-state index contributed by atoms with van der Waals surface area (Å²) in [6.45, 7) is 4.36. The van der Waals surface area contributed by atoms with Crippen molar-refractivity contribution < 1.29 is 17.9 Å². The van der Waals surface area contributed by atoms with E-state index in [2.05, 4.69) is 28.4 Å². The molecule has 0 aromatic heterocycles. The highest BCUT2D eigenvalue weighted by atomic mass is 32.2. The number of nitrogens with zero attached hydrogens (tertiary/aromatic N) is 2. The van der Waals surface area contributed by atoms with E-state index in [4.69, 9.17) is 4.74 Å². The number of nitrogens with one attached hydrogen (secondary N) is 1. The number of hydrogen-bond donors (Lipinski definition) is 1. The zero-order chi connectivity index (χ0) is 26.3. The summed E-state index contributed by atoms with van der Waals surface area (Å²) in [5.41, 5.74) is 3.02. The molecule has 196 valence electrons. The summed E-state index contributed by atoms with van der Waals surface area (Å²) in [4.78, 5) is 16.3. The number of ether oxygens (including phenoxy) is 1. The number of amides is 1. The van der Waals surface area contributed by atoms with Gasteiger partial charge in [-0.3, -0.25) is 9.10 Å². The van der Waals surface area contributed by atoms with Gasteiger partial charge in [0.05, 0.1) is 17.2 Å². The summed E-state index contributed by atoms with van der Waals surface area (Å²) in [6.07, 6.45) is 3.74. The molecular weight excluding hydrogens is 506 g/mol. The largest absolute Gasteiger partial charge is 0.494 e. The van der Waals surface area contributed by atoms with Gasteiger partial charge in [-0.2, -0.15) is 0 Å². The summed E-state index contributed by atoms with van der Waals surface area (Å²) in [5, 5.41) is 2.90. The standard InChI is InChI=1S/C28H33N3O4S2/c1-3-35-24-11-9-23(10-12-24)31(37(33,34)26-15-13-25(36-2)14-16-26)21-28(32)29-18-6-19-30-20-17-22-7-4-5-8-27(22)30/h4-5,7-16H,3,6,17-21H2,1-2H3,(H,29,32). The highest BCUT2D eigenvalue weighted by Crippen LogP contribution is 2.28. The normalized spacial score (nSPS) is 12.8. The Bertz CT molecular complexity index is 1300. The summed E-state index contributed by atoms with van der Waals surface area (Å²) in [5.74, 6) is 0.292. The molecule has 7 nitrogen and oxygen atoms in total. The summed E-state index contributed by atoms with van der Waals surface area (Å²) in [6, 6.07) is 21.8. The Labute approximate surface area is 223 Å². The van der Waals surface area contributed by atoms with Crippen LogP contribution in [0, 0.1) is 0 Å². The molecular formula is C28H33N3O4S2. The van der Waals surface area contributed by atoms with Gasteiger partial charge in [-0.05, 0) is 86.2 Å². The second-order valence-corrected chi connectivity index (χ2v) is 11.4. The third kappa shape index (κ3) is 6.59. The van der Waals surface area contributed by atoms with Crippen molar-refractivity contribution in [3.8, 4) is 5.75 Å². The molecule has 1 N–H and O–H groups in total. The van der Waals surface area contributed by atoms with Gasteiger partial charge in [0.1, 0.15) is 12.3 Å². The topological polar surface area (TPSA) is 79.0 Å². The molecule has 0 spiro atoms. The lowest BCUT2D eigenvalue weighted by atomic mass is 10.2. The van der Waals surface area contributed by atoms with Gasteiger partial charge >= 0.3 is 0 Å². The number of sulfonamides is 1. The summed E-state index contributed by atoms with van der Waals surface area (Å²) >= 11 is 1.54.